The van der Waals surface area contributed by atoms with Crippen molar-refractivity contribution in [3.8, 4) is 11.5 Å². The van der Waals surface area contributed by atoms with Crippen molar-refractivity contribution >= 4 is 9.84 Å². The summed E-state index contributed by atoms with van der Waals surface area (Å²) in [6.45, 7) is 10.4. The first kappa shape index (κ1) is 15.3. The fourth-order valence-electron chi connectivity index (χ4n) is 3.15. The van der Waals surface area contributed by atoms with Crippen LogP contribution >= 0.6 is 0 Å². The lowest BCUT2D eigenvalue weighted by Gasteiger charge is -2.03. The van der Waals surface area contributed by atoms with Crippen LogP contribution in [0, 0.1) is 17.8 Å². The van der Waals surface area contributed by atoms with Gasteiger partial charge >= 0.3 is 0 Å². The van der Waals surface area contributed by atoms with E-state index in [1.165, 1.54) is 6.07 Å². The average molecular weight is 324 g/mol. The Morgan fingerprint density at radius 3 is 2.23 bits per heavy atom. The quantitative estimate of drug-likeness (QED) is 0.862. The number of nitrogens with zero attached hydrogens (tertiary/aromatic N) is 2. The van der Waals surface area contributed by atoms with Crippen LogP contribution in [-0.4, -0.2) is 24.8 Å². The Balaban J connectivity index is 1.98. The molecule has 0 spiro atoms. The molecule has 0 bridgehead atoms. The van der Waals surface area contributed by atoms with Crippen LogP contribution in [0.4, 0.5) is 0 Å². The van der Waals surface area contributed by atoms with Crippen molar-refractivity contribution in [2.45, 2.75) is 45.6 Å². The molecule has 1 aliphatic rings. The average Bonchev–Trinajstić information content (AvgIpc) is 2.82. The SMILES string of the molecule is Cc1oc(S(C)(=O)=O)cc1-c1nc(C2C(C)(C)C2(C)C)no1. The minimum absolute atomic E-state index is 0.0909. The van der Waals surface area contributed by atoms with E-state index in [4.69, 9.17) is 8.94 Å². The van der Waals surface area contributed by atoms with Crippen LogP contribution in [0.15, 0.2) is 20.1 Å². The summed E-state index contributed by atoms with van der Waals surface area (Å²) >= 11 is 0. The normalized spacial score (nSPS) is 20.3. The summed E-state index contributed by atoms with van der Waals surface area (Å²) in [7, 11) is -3.40. The molecule has 0 unspecified atom stereocenters. The molecule has 0 amide bonds. The lowest BCUT2D eigenvalue weighted by molar-refractivity contribution is 0.414. The van der Waals surface area contributed by atoms with Gasteiger partial charge in [0.15, 0.2) is 5.82 Å². The third kappa shape index (κ3) is 2.02. The molecule has 22 heavy (non-hydrogen) atoms. The largest absolute Gasteiger partial charge is 0.449 e. The summed E-state index contributed by atoms with van der Waals surface area (Å²) in [5.74, 6) is 1.63. The summed E-state index contributed by atoms with van der Waals surface area (Å²) in [4.78, 5) is 4.46. The van der Waals surface area contributed by atoms with Gasteiger partial charge in [-0.3, -0.25) is 0 Å². The second-order valence-electron chi connectivity index (χ2n) is 7.14. The van der Waals surface area contributed by atoms with Gasteiger partial charge in [0, 0.05) is 18.2 Å². The van der Waals surface area contributed by atoms with Crippen LogP contribution < -0.4 is 0 Å². The fraction of sp³-hybridized carbons (Fsp3) is 0.600. The third-order valence-corrected chi connectivity index (χ3v) is 6.14. The zero-order valence-electron chi connectivity index (χ0n) is 13.6. The zero-order valence-corrected chi connectivity index (χ0v) is 14.4. The van der Waals surface area contributed by atoms with E-state index in [1.54, 1.807) is 6.92 Å². The van der Waals surface area contributed by atoms with Gasteiger partial charge in [0.1, 0.15) is 5.76 Å². The van der Waals surface area contributed by atoms with Gasteiger partial charge in [-0.1, -0.05) is 32.9 Å². The lowest BCUT2D eigenvalue weighted by atomic mass is 10.0. The number of aryl methyl sites for hydroxylation is 1. The van der Waals surface area contributed by atoms with E-state index < -0.39 is 9.84 Å². The molecule has 0 radical (unpaired) electrons. The predicted octanol–water partition coefficient (Wildman–Crippen LogP) is 3.19. The molecule has 2 heterocycles. The van der Waals surface area contributed by atoms with Crippen LogP contribution in [0.2, 0.25) is 0 Å². The summed E-state index contributed by atoms with van der Waals surface area (Å²) in [6.07, 6.45) is 1.10. The molecule has 0 N–H and O–H groups in total. The maximum absolute atomic E-state index is 11.6. The lowest BCUT2D eigenvalue weighted by Crippen LogP contribution is -1.95. The Morgan fingerprint density at radius 2 is 1.77 bits per heavy atom. The molecule has 0 aromatic carbocycles. The van der Waals surface area contributed by atoms with E-state index in [0.717, 1.165) is 6.26 Å². The summed E-state index contributed by atoms with van der Waals surface area (Å²) in [5, 5.41) is 3.99. The highest BCUT2D eigenvalue weighted by Crippen LogP contribution is 2.73. The first-order valence-electron chi connectivity index (χ1n) is 7.10. The van der Waals surface area contributed by atoms with Gasteiger partial charge in [0.25, 0.3) is 5.89 Å². The molecule has 1 saturated carbocycles. The van der Waals surface area contributed by atoms with Crippen molar-refractivity contribution in [2.75, 3.05) is 6.26 Å². The molecule has 1 aliphatic carbocycles. The molecular formula is C15H20N2O4S. The second-order valence-corrected chi connectivity index (χ2v) is 9.09. The maximum atomic E-state index is 11.6. The van der Waals surface area contributed by atoms with Crippen molar-refractivity contribution in [3.05, 3.63) is 17.7 Å². The first-order valence-corrected chi connectivity index (χ1v) is 9.00. The van der Waals surface area contributed by atoms with E-state index in [0.29, 0.717) is 23.0 Å². The van der Waals surface area contributed by atoms with Crippen LogP contribution in [0.25, 0.3) is 11.5 Å². The molecule has 0 atom stereocenters. The fourth-order valence-corrected chi connectivity index (χ4v) is 3.76. The standard InChI is InChI=1S/C15H20N2O4S/c1-8-9(7-10(20-8)22(6,18)19)13-16-12(17-21-13)11-14(2,3)15(11,4)5/h7,11H,1-6H3. The molecule has 0 aliphatic heterocycles. The Morgan fingerprint density at radius 1 is 1.18 bits per heavy atom. The van der Waals surface area contributed by atoms with E-state index in [2.05, 4.69) is 37.8 Å². The van der Waals surface area contributed by atoms with E-state index >= 15 is 0 Å². The highest BCUT2D eigenvalue weighted by atomic mass is 32.2. The Bertz CT molecular complexity index is 829. The molecular weight excluding hydrogens is 304 g/mol. The summed E-state index contributed by atoms with van der Waals surface area (Å²) < 4.78 is 33.7. The summed E-state index contributed by atoms with van der Waals surface area (Å²) in [6, 6.07) is 1.44. The van der Waals surface area contributed by atoms with Crippen molar-refractivity contribution in [1.29, 1.82) is 0 Å². The van der Waals surface area contributed by atoms with E-state index in [9.17, 15) is 8.42 Å². The van der Waals surface area contributed by atoms with Gasteiger partial charge in [-0.05, 0) is 17.8 Å². The second kappa shape index (κ2) is 4.22. The number of hydrogen-bond acceptors (Lipinski definition) is 6. The molecule has 7 heteroatoms. The Kier molecular flexibility index (Phi) is 2.93. The monoisotopic (exact) mass is 324 g/mol. The van der Waals surface area contributed by atoms with Gasteiger partial charge < -0.3 is 8.94 Å². The topological polar surface area (TPSA) is 86.2 Å². The van der Waals surface area contributed by atoms with Crippen LogP contribution in [-0.2, 0) is 9.84 Å². The minimum atomic E-state index is -3.40. The van der Waals surface area contributed by atoms with Crippen molar-refractivity contribution < 1.29 is 17.4 Å². The number of aromatic nitrogens is 2. The molecule has 1 fully saturated rings. The first-order chi connectivity index (χ1) is 9.96. The molecule has 0 saturated heterocycles. The predicted molar refractivity (Wildman–Crippen MR) is 80.1 cm³/mol. The number of sulfone groups is 1. The maximum Gasteiger partial charge on any atom is 0.261 e. The van der Waals surface area contributed by atoms with Crippen LogP contribution in [0.3, 0.4) is 0 Å². The molecule has 3 rings (SSSR count). The van der Waals surface area contributed by atoms with Gasteiger partial charge in [-0.25, -0.2) is 8.42 Å². The molecule has 2 aromatic heterocycles. The highest BCUT2D eigenvalue weighted by Gasteiger charge is 2.67. The van der Waals surface area contributed by atoms with Gasteiger partial charge in [-0.15, -0.1) is 0 Å². The van der Waals surface area contributed by atoms with Crippen molar-refractivity contribution in [3.63, 3.8) is 0 Å². The minimum Gasteiger partial charge on any atom is -0.449 e. The van der Waals surface area contributed by atoms with Crippen LogP contribution in [0.1, 0.15) is 45.2 Å². The molecule has 120 valence electrons. The number of hydrogen-bond donors (Lipinski definition) is 0. The molecule has 6 nitrogen and oxygen atoms in total. The van der Waals surface area contributed by atoms with Gasteiger partial charge in [0.05, 0.1) is 5.56 Å². The number of rotatable bonds is 3. The third-order valence-electron chi connectivity index (χ3n) is 5.21. The molecule has 2 aromatic rings. The zero-order chi connectivity index (χ0) is 16.5. The smallest absolute Gasteiger partial charge is 0.261 e. The highest BCUT2D eigenvalue weighted by molar-refractivity contribution is 7.90. The van der Waals surface area contributed by atoms with Gasteiger partial charge in [-0.2, -0.15) is 4.98 Å². The van der Waals surface area contributed by atoms with Crippen LogP contribution in [0.5, 0.6) is 0 Å². The van der Waals surface area contributed by atoms with E-state index in [1.807, 2.05) is 0 Å². The Hall–Kier alpha value is -1.63. The number of furan rings is 1. The van der Waals surface area contributed by atoms with Crippen molar-refractivity contribution in [1.82, 2.24) is 10.1 Å². The Labute approximate surface area is 129 Å². The van der Waals surface area contributed by atoms with Gasteiger partial charge in [0.2, 0.25) is 14.9 Å². The van der Waals surface area contributed by atoms with Crippen molar-refractivity contribution in [2.24, 2.45) is 10.8 Å². The van der Waals surface area contributed by atoms with E-state index in [-0.39, 0.29) is 21.8 Å². The summed E-state index contributed by atoms with van der Waals surface area (Å²) in [5.41, 5.74) is 0.741.